The molecule has 0 heterocycles. The molecule has 0 fully saturated rings. The van der Waals surface area contributed by atoms with Gasteiger partial charge in [0.15, 0.2) is 0 Å². The Labute approximate surface area is 85.1 Å². The molecule has 0 radical (unpaired) electrons. The van der Waals surface area contributed by atoms with Crippen molar-refractivity contribution in [3.63, 3.8) is 0 Å². The lowest BCUT2D eigenvalue weighted by Crippen LogP contribution is -2.01. The SMILES string of the molecule is C=CCCC(O)C#Cc1ccccc1. The maximum atomic E-state index is 9.42. The summed E-state index contributed by atoms with van der Waals surface area (Å²) in [4.78, 5) is 0. The van der Waals surface area contributed by atoms with Crippen LogP contribution in [-0.4, -0.2) is 11.2 Å². The minimum Gasteiger partial charge on any atom is -0.380 e. The van der Waals surface area contributed by atoms with E-state index in [0.717, 1.165) is 12.0 Å². The first-order valence-electron chi connectivity index (χ1n) is 4.68. The van der Waals surface area contributed by atoms with Crippen molar-refractivity contribution in [1.82, 2.24) is 0 Å². The van der Waals surface area contributed by atoms with Crippen molar-refractivity contribution < 1.29 is 5.11 Å². The summed E-state index contributed by atoms with van der Waals surface area (Å²) in [5, 5.41) is 9.42. The van der Waals surface area contributed by atoms with Gasteiger partial charge in [0.1, 0.15) is 6.10 Å². The minimum absolute atomic E-state index is 0.548. The Morgan fingerprint density at radius 2 is 2.07 bits per heavy atom. The lowest BCUT2D eigenvalue weighted by molar-refractivity contribution is 0.223. The molecule has 0 bridgehead atoms. The van der Waals surface area contributed by atoms with Gasteiger partial charge in [-0.2, -0.15) is 0 Å². The fourth-order valence-corrected chi connectivity index (χ4v) is 1.04. The van der Waals surface area contributed by atoms with Crippen molar-refractivity contribution in [1.29, 1.82) is 0 Å². The predicted molar refractivity (Wildman–Crippen MR) is 58.8 cm³/mol. The molecule has 14 heavy (non-hydrogen) atoms. The summed E-state index contributed by atoms with van der Waals surface area (Å²) in [5.74, 6) is 5.71. The van der Waals surface area contributed by atoms with Gasteiger partial charge in [0.05, 0.1) is 0 Å². The molecule has 1 aromatic rings. The van der Waals surface area contributed by atoms with Crippen molar-refractivity contribution in [2.45, 2.75) is 18.9 Å². The van der Waals surface area contributed by atoms with Gasteiger partial charge in [-0.1, -0.05) is 36.1 Å². The Kier molecular flexibility index (Phi) is 4.54. The Balaban J connectivity index is 2.51. The fourth-order valence-electron chi connectivity index (χ4n) is 1.04. The maximum absolute atomic E-state index is 9.42. The topological polar surface area (TPSA) is 20.2 Å². The number of benzene rings is 1. The second-order valence-electron chi connectivity index (χ2n) is 3.02. The van der Waals surface area contributed by atoms with Gasteiger partial charge in [-0.05, 0) is 25.0 Å². The second kappa shape index (κ2) is 6.01. The third kappa shape index (κ3) is 3.93. The lowest BCUT2D eigenvalue weighted by atomic mass is 10.1. The van der Waals surface area contributed by atoms with Gasteiger partial charge in [0.25, 0.3) is 0 Å². The quantitative estimate of drug-likeness (QED) is 0.567. The molecule has 0 aliphatic rings. The molecule has 1 N–H and O–H groups in total. The third-order valence-corrected chi connectivity index (χ3v) is 1.80. The molecule has 1 unspecified atom stereocenters. The Morgan fingerprint density at radius 3 is 2.71 bits per heavy atom. The zero-order chi connectivity index (χ0) is 10.2. The zero-order valence-electron chi connectivity index (χ0n) is 8.11. The third-order valence-electron chi connectivity index (χ3n) is 1.80. The zero-order valence-corrected chi connectivity index (χ0v) is 8.11. The van der Waals surface area contributed by atoms with Crippen LogP contribution in [0.15, 0.2) is 43.0 Å². The number of aliphatic hydroxyl groups excluding tert-OH is 1. The number of hydrogen-bond donors (Lipinski definition) is 1. The number of rotatable bonds is 3. The van der Waals surface area contributed by atoms with Gasteiger partial charge in [-0.15, -0.1) is 6.58 Å². The molecule has 72 valence electrons. The van der Waals surface area contributed by atoms with E-state index >= 15 is 0 Å². The summed E-state index contributed by atoms with van der Waals surface area (Å²) >= 11 is 0. The van der Waals surface area contributed by atoms with Crippen molar-refractivity contribution in [3.8, 4) is 11.8 Å². The summed E-state index contributed by atoms with van der Waals surface area (Å²) in [7, 11) is 0. The largest absolute Gasteiger partial charge is 0.380 e. The average molecular weight is 186 g/mol. The molecule has 1 heteroatoms. The summed E-state index contributed by atoms with van der Waals surface area (Å²) in [6.45, 7) is 3.59. The summed E-state index contributed by atoms with van der Waals surface area (Å²) in [6.07, 6.45) is 2.69. The van der Waals surface area contributed by atoms with E-state index in [2.05, 4.69) is 18.4 Å². The number of aliphatic hydroxyl groups is 1. The molecule has 1 nitrogen and oxygen atoms in total. The van der Waals surface area contributed by atoms with Gasteiger partial charge < -0.3 is 5.11 Å². The van der Waals surface area contributed by atoms with E-state index < -0.39 is 6.10 Å². The predicted octanol–water partition coefficient (Wildman–Crippen LogP) is 2.37. The first-order valence-corrected chi connectivity index (χ1v) is 4.68. The van der Waals surface area contributed by atoms with Crippen molar-refractivity contribution in [2.24, 2.45) is 0 Å². The van der Waals surface area contributed by atoms with Crippen LogP contribution in [0.25, 0.3) is 0 Å². The molecule has 0 aliphatic heterocycles. The fraction of sp³-hybridized carbons (Fsp3) is 0.231. The molecule has 1 atom stereocenters. The van der Waals surface area contributed by atoms with E-state index in [4.69, 9.17) is 0 Å². The van der Waals surface area contributed by atoms with E-state index in [0.29, 0.717) is 6.42 Å². The highest BCUT2D eigenvalue weighted by Crippen LogP contribution is 1.98. The molecule has 0 saturated heterocycles. The molecule has 1 rings (SSSR count). The van der Waals surface area contributed by atoms with Crippen LogP contribution in [0.4, 0.5) is 0 Å². The van der Waals surface area contributed by atoms with Crippen LogP contribution in [0.2, 0.25) is 0 Å². The van der Waals surface area contributed by atoms with Crippen LogP contribution in [0.1, 0.15) is 18.4 Å². The smallest absolute Gasteiger partial charge is 0.115 e. The standard InChI is InChI=1S/C13H14O/c1-2-3-9-13(14)11-10-12-7-5-4-6-8-12/h2,4-8,13-14H,1,3,9H2. The number of allylic oxidation sites excluding steroid dienone is 1. The van der Waals surface area contributed by atoms with E-state index in [1.807, 2.05) is 30.3 Å². The van der Waals surface area contributed by atoms with Crippen LogP contribution in [0, 0.1) is 11.8 Å². The van der Waals surface area contributed by atoms with Crippen molar-refractivity contribution in [3.05, 3.63) is 48.6 Å². The summed E-state index contributed by atoms with van der Waals surface area (Å²) in [6, 6.07) is 9.65. The van der Waals surface area contributed by atoms with Gasteiger partial charge in [0, 0.05) is 5.56 Å². The molecule has 0 aliphatic carbocycles. The molecule has 1 aromatic carbocycles. The molecule has 0 amide bonds. The van der Waals surface area contributed by atoms with Gasteiger partial charge in [0.2, 0.25) is 0 Å². The van der Waals surface area contributed by atoms with Crippen LogP contribution >= 0.6 is 0 Å². The highest BCUT2D eigenvalue weighted by molar-refractivity contribution is 5.34. The lowest BCUT2D eigenvalue weighted by Gasteiger charge is -1.98. The van der Waals surface area contributed by atoms with Crippen molar-refractivity contribution >= 4 is 0 Å². The van der Waals surface area contributed by atoms with E-state index in [1.54, 1.807) is 6.08 Å². The van der Waals surface area contributed by atoms with E-state index in [-0.39, 0.29) is 0 Å². The van der Waals surface area contributed by atoms with Gasteiger partial charge >= 0.3 is 0 Å². The minimum atomic E-state index is -0.548. The van der Waals surface area contributed by atoms with E-state index in [1.165, 1.54) is 0 Å². The Hall–Kier alpha value is -1.52. The normalized spacial score (nSPS) is 11.2. The first-order chi connectivity index (χ1) is 6.83. The Morgan fingerprint density at radius 1 is 1.36 bits per heavy atom. The molecule has 0 saturated carbocycles. The van der Waals surface area contributed by atoms with Crippen molar-refractivity contribution in [2.75, 3.05) is 0 Å². The highest BCUT2D eigenvalue weighted by atomic mass is 16.3. The van der Waals surface area contributed by atoms with Gasteiger partial charge in [-0.25, -0.2) is 0 Å². The first kappa shape index (κ1) is 10.6. The number of hydrogen-bond acceptors (Lipinski definition) is 1. The van der Waals surface area contributed by atoms with Crippen LogP contribution in [-0.2, 0) is 0 Å². The molecular weight excluding hydrogens is 172 g/mol. The maximum Gasteiger partial charge on any atom is 0.115 e. The van der Waals surface area contributed by atoms with Crippen LogP contribution < -0.4 is 0 Å². The average Bonchev–Trinajstić information content (AvgIpc) is 2.25. The van der Waals surface area contributed by atoms with Crippen LogP contribution in [0.3, 0.4) is 0 Å². The highest BCUT2D eigenvalue weighted by Gasteiger charge is 1.95. The molecule has 0 aromatic heterocycles. The van der Waals surface area contributed by atoms with Crippen LogP contribution in [0.5, 0.6) is 0 Å². The molecular formula is C13H14O. The monoisotopic (exact) mass is 186 g/mol. The summed E-state index contributed by atoms with van der Waals surface area (Å²) < 4.78 is 0. The van der Waals surface area contributed by atoms with E-state index in [9.17, 15) is 5.11 Å². The second-order valence-corrected chi connectivity index (χ2v) is 3.02. The Bertz CT molecular complexity index is 329. The molecule has 0 spiro atoms. The summed E-state index contributed by atoms with van der Waals surface area (Å²) in [5.41, 5.74) is 0.935. The van der Waals surface area contributed by atoms with Gasteiger partial charge in [-0.3, -0.25) is 0 Å².